The zero-order valence-electron chi connectivity index (χ0n) is 15.8. The molecular formula is C20H27N5O. The highest BCUT2D eigenvalue weighted by Crippen LogP contribution is 2.27. The second kappa shape index (κ2) is 8.17. The van der Waals surface area contributed by atoms with Crippen molar-refractivity contribution in [3.05, 3.63) is 47.7 Å². The Bertz CT molecular complexity index is 743. The highest BCUT2D eigenvalue weighted by molar-refractivity contribution is 5.93. The first-order chi connectivity index (χ1) is 12.5. The Balaban J connectivity index is 1.72. The van der Waals surface area contributed by atoms with Gasteiger partial charge in [-0.3, -0.25) is 4.79 Å². The first-order valence-corrected chi connectivity index (χ1v) is 9.12. The van der Waals surface area contributed by atoms with Crippen LogP contribution in [0.1, 0.15) is 28.9 Å². The largest absolute Gasteiger partial charge is 0.363 e. The fraction of sp³-hybridized carbons (Fsp3) is 0.450. The molecule has 1 aliphatic rings. The Morgan fingerprint density at radius 2 is 1.88 bits per heavy atom. The molecule has 1 N–H and O–H groups in total. The first kappa shape index (κ1) is 18.2. The molecule has 1 aromatic heterocycles. The number of benzene rings is 1. The van der Waals surface area contributed by atoms with Gasteiger partial charge < -0.3 is 15.1 Å². The van der Waals surface area contributed by atoms with E-state index in [4.69, 9.17) is 0 Å². The van der Waals surface area contributed by atoms with Crippen LogP contribution in [0, 0.1) is 5.92 Å². The van der Waals surface area contributed by atoms with E-state index < -0.39 is 0 Å². The van der Waals surface area contributed by atoms with Crippen LogP contribution in [-0.4, -0.2) is 50.1 Å². The maximum atomic E-state index is 12.5. The second-order valence-electron chi connectivity index (χ2n) is 7.12. The van der Waals surface area contributed by atoms with Crippen molar-refractivity contribution in [2.24, 2.45) is 5.92 Å². The predicted molar refractivity (Wildman–Crippen MR) is 105 cm³/mol. The van der Waals surface area contributed by atoms with Gasteiger partial charge in [-0.05, 0) is 30.7 Å². The Kier molecular flexibility index (Phi) is 5.71. The molecule has 0 radical (unpaired) electrons. The van der Waals surface area contributed by atoms with Crippen molar-refractivity contribution in [1.29, 1.82) is 0 Å². The SMILES string of the molecule is CN(C)c1cc(C(=O)NCC2CC2)nc(N(C)CCc2ccccc2)n1. The molecule has 0 atom stereocenters. The van der Waals surface area contributed by atoms with E-state index in [0.29, 0.717) is 17.6 Å². The van der Waals surface area contributed by atoms with Gasteiger partial charge >= 0.3 is 0 Å². The number of carbonyl (C=O) groups excluding carboxylic acids is 1. The van der Waals surface area contributed by atoms with Crippen molar-refractivity contribution in [3.8, 4) is 0 Å². The van der Waals surface area contributed by atoms with E-state index in [1.54, 1.807) is 6.07 Å². The number of hydrogen-bond acceptors (Lipinski definition) is 5. The van der Waals surface area contributed by atoms with Gasteiger partial charge in [0.2, 0.25) is 5.95 Å². The van der Waals surface area contributed by atoms with Gasteiger partial charge in [-0.2, -0.15) is 4.98 Å². The highest BCUT2D eigenvalue weighted by atomic mass is 16.1. The average Bonchev–Trinajstić information content (AvgIpc) is 3.49. The summed E-state index contributed by atoms with van der Waals surface area (Å²) in [4.78, 5) is 25.5. The Hall–Kier alpha value is -2.63. The molecular weight excluding hydrogens is 326 g/mol. The lowest BCUT2D eigenvalue weighted by atomic mass is 10.1. The summed E-state index contributed by atoms with van der Waals surface area (Å²) in [7, 11) is 5.80. The molecule has 1 heterocycles. The summed E-state index contributed by atoms with van der Waals surface area (Å²) in [6.07, 6.45) is 3.32. The van der Waals surface area contributed by atoms with E-state index in [0.717, 1.165) is 25.3 Å². The molecule has 0 spiro atoms. The van der Waals surface area contributed by atoms with E-state index >= 15 is 0 Å². The van der Waals surface area contributed by atoms with Gasteiger partial charge in [0.15, 0.2) is 0 Å². The molecule has 6 nitrogen and oxygen atoms in total. The van der Waals surface area contributed by atoms with Crippen molar-refractivity contribution >= 4 is 17.7 Å². The standard InChI is InChI=1S/C20H27N5O/c1-24(2)18-13-17(19(26)21-14-16-9-10-16)22-20(23-18)25(3)12-11-15-7-5-4-6-8-15/h4-8,13,16H,9-12,14H2,1-3H3,(H,21,26). The number of carbonyl (C=O) groups is 1. The van der Waals surface area contributed by atoms with E-state index in [-0.39, 0.29) is 5.91 Å². The van der Waals surface area contributed by atoms with Crippen LogP contribution in [0.5, 0.6) is 0 Å². The van der Waals surface area contributed by atoms with Crippen LogP contribution in [0.3, 0.4) is 0 Å². The quantitative estimate of drug-likeness (QED) is 0.789. The lowest BCUT2D eigenvalue weighted by Crippen LogP contribution is -2.29. The molecule has 0 unspecified atom stereocenters. The van der Waals surface area contributed by atoms with Crippen LogP contribution in [-0.2, 0) is 6.42 Å². The molecule has 1 amide bonds. The molecule has 0 aliphatic heterocycles. The molecule has 1 aromatic carbocycles. The minimum atomic E-state index is -0.125. The van der Waals surface area contributed by atoms with Crippen molar-refractivity contribution in [1.82, 2.24) is 15.3 Å². The Morgan fingerprint density at radius 1 is 1.15 bits per heavy atom. The lowest BCUT2D eigenvalue weighted by Gasteiger charge is -2.20. The maximum Gasteiger partial charge on any atom is 0.270 e. The van der Waals surface area contributed by atoms with E-state index in [1.807, 2.05) is 49.1 Å². The molecule has 138 valence electrons. The summed E-state index contributed by atoms with van der Waals surface area (Å²) in [5, 5.41) is 2.98. The highest BCUT2D eigenvalue weighted by Gasteiger charge is 2.23. The minimum Gasteiger partial charge on any atom is -0.363 e. The third-order valence-corrected chi connectivity index (χ3v) is 4.56. The molecule has 1 fully saturated rings. The van der Waals surface area contributed by atoms with Crippen LogP contribution in [0.4, 0.5) is 11.8 Å². The number of nitrogens with one attached hydrogen (secondary N) is 1. The third kappa shape index (κ3) is 4.94. The number of hydrogen-bond donors (Lipinski definition) is 1. The van der Waals surface area contributed by atoms with E-state index in [2.05, 4.69) is 27.4 Å². The van der Waals surface area contributed by atoms with Crippen LogP contribution in [0.2, 0.25) is 0 Å². The van der Waals surface area contributed by atoms with Gasteiger partial charge in [-0.15, -0.1) is 0 Å². The molecule has 2 aromatic rings. The summed E-state index contributed by atoms with van der Waals surface area (Å²) in [5.74, 6) is 1.82. The normalized spacial score (nSPS) is 13.3. The summed E-state index contributed by atoms with van der Waals surface area (Å²) in [6.45, 7) is 1.52. The van der Waals surface area contributed by atoms with E-state index in [1.165, 1.54) is 18.4 Å². The van der Waals surface area contributed by atoms with Gasteiger partial charge in [0.1, 0.15) is 11.5 Å². The smallest absolute Gasteiger partial charge is 0.270 e. The summed E-state index contributed by atoms with van der Waals surface area (Å²) in [5.41, 5.74) is 1.69. The monoisotopic (exact) mass is 353 g/mol. The number of rotatable bonds is 8. The fourth-order valence-electron chi connectivity index (χ4n) is 2.63. The topological polar surface area (TPSA) is 61.4 Å². The van der Waals surface area contributed by atoms with Gasteiger partial charge in [0.05, 0.1) is 0 Å². The molecule has 3 rings (SSSR count). The van der Waals surface area contributed by atoms with Crippen molar-refractivity contribution in [3.63, 3.8) is 0 Å². The molecule has 1 saturated carbocycles. The summed E-state index contributed by atoms with van der Waals surface area (Å²) >= 11 is 0. The van der Waals surface area contributed by atoms with E-state index in [9.17, 15) is 4.79 Å². The van der Waals surface area contributed by atoms with Crippen molar-refractivity contribution < 1.29 is 4.79 Å². The van der Waals surface area contributed by atoms with Gasteiger partial charge in [-0.25, -0.2) is 4.98 Å². The van der Waals surface area contributed by atoms with Crippen molar-refractivity contribution in [2.75, 3.05) is 44.0 Å². The van der Waals surface area contributed by atoms with Gasteiger partial charge in [0.25, 0.3) is 5.91 Å². The first-order valence-electron chi connectivity index (χ1n) is 9.12. The van der Waals surface area contributed by atoms with Crippen molar-refractivity contribution in [2.45, 2.75) is 19.3 Å². The number of likely N-dealkylation sites (N-methyl/N-ethyl adjacent to an activating group) is 1. The summed E-state index contributed by atoms with van der Waals surface area (Å²) < 4.78 is 0. The summed E-state index contributed by atoms with van der Waals surface area (Å²) in [6, 6.07) is 12.1. The Morgan fingerprint density at radius 3 is 2.54 bits per heavy atom. The molecule has 26 heavy (non-hydrogen) atoms. The predicted octanol–water partition coefficient (Wildman–Crippen LogP) is 2.36. The number of amides is 1. The third-order valence-electron chi connectivity index (χ3n) is 4.56. The number of nitrogens with zero attached hydrogens (tertiary/aromatic N) is 4. The van der Waals surface area contributed by atoms with Crippen LogP contribution < -0.4 is 15.1 Å². The molecule has 6 heteroatoms. The zero-order chi connectivity index (χ0) is 18.5. The van der Waals surface area contributed by atoms with Crippen LogP contribution in [0.15, 0.2) is 36.4 Å². The molecule has 0 saturated heterocycles. The maximum absolute atomic E-state index is 12.5. The van der Waals surface area contributed by atoms with Gasteiger partial charge in [-0.1, -0.05) is 30.3 Å². The number of anilines is 2. The van der Waals surface area contributed by atoms with Crippen LogP contribution in [0.25, 0.3) is 0 Å². The van der Waals surface area contributed by atoms with Crippen LogP contribution >= 0.6 is 0 Å². The molecule has 1 aliphatic carbocycles. The zero-order valence-corrected chi connectivity index (χ0v) is 15.8. The fourth-order valence-corrected chi connectivity index (χ4v) is 2.63. The molecule has 0 bridgehead atoms. The van der Waals surface area contributed by atoms with Gasteiger partial charge in [0, 0.05) is 40.3 Å². The number of aromatic nitrogens is 2. The minimum absolute atomic E-state index is 0.125. The second-order valence-corrected chi connectivity index (χ2v) is 7.12. The average molecular weight is 353 g/mol. The lowest BCUT2D eigenvalue weighted by molar-refractivity contribution is 0.0947. The Labute approximate surface area is 155 Å².